The Balaban J connectivity index is 1.47. The zero-order chi connectivity index (χ0) is 24.8. The highest BCUT2D eigenvalue weighted by Crippen LogP contribution is 2.68. The Morgan fingerprint density at radius 2 is 1.69 bits per heavy atom. The molecule has 4 aliphatic carbocycles. The quantitative estimate of drug-likeness (QED) is 0.411. The maximum absolute atomic E-state index is 12.8. The predicted octanol–water partition coefficient (Wildman–Crippen LogP) is 7.18. The number of carbonyl (C=O) groups is 2. The summed E-state index contributed by atoms with van der Waals surface area (Å²) in [6.45, 7) is 10.6. The summed E-state index contributed by atoms with van der Waals surface area (Å²) in [6.07, 6.45) is 9.44. The Hall–Kier alpha value is -1.50. The third-order valence-corrected chi connectivity index (χ3v) is 11.3. The maximum Gasteiger partial charge on any atom is 0.452 e. The average molecular weight is 489 g/mol. The van der Waals surface area contributed by atoms with Gasteiger partial charge >= 0.3 is 12.2 Å². The van der Waals surface area contributed by atoms with E-state index in [1.165, 1.54) is 38.5 Å². The monoisotopic (exact) mass is 488 g/mol. The van der Waals surface area contributed by atoms with Crippen molar-refractivity contribution >= 4 is 12.2 Å². The SMILES string of the molecule is CC[C@@H](C)[C@H]1CC[C@H]2[C@@H]3[C@H]4C[C@@H]5C[C@@H](CC[C@]5(C)[C@H]3CC[C@]12C)OCCCOC(=O)/N=N\C(=O)O4. The Morgan fingerprint density at radius 3 is 2.49 bits per heavy atom. The fourth-order valence-electron chi connectivity index (χ4n) is 9.42. The predicted molar refractivity (Wildman–Crippen MR) is 131 cm³/mol. The molecule has 0 unspecified atom stereocenters. The van der Waals surface area contributed by atoms with Crippen molar-refractivity contribution in [1.29, 1.82) is 0 Å². The molecule has 0 N–H and O–H groups in total. The van der Waals surface area contributed by atoms with E-state index in [4.69, 9.17) is 14.2 Å². The second-order valence-corrected chi connectivity index (χ2v) is 12.7. The summed E-state index contributed by atoms with van der Waals surface area (Å²) >= 11 is 0. The van der Waals surface area contributed by atoms with E-state index in [2.05, 4.69) is 37.9 Å². The van der Waals surface area contributed by atoms with Crippen molar-refractivity contribution in [1.82, 2.24) is 0 Å². The number of hydrogen-bond acceptors (Lipinski definition) is 5. The zero-order valence-electron chi connectivity index (χ0n) is 22.0. The highest BCUT2D eigenvalue weighted by atomic mass is 16.6. The lowest BCUT2D eigenvalue weighted by Crippen LogP contribution is -2.59. The molecule has 196 valence electrons. The van der Waals surface area contributed by atoms with Gasteiger partial charge in [0.05, 0.1) is 19.3 Å². The van der Waals surface area contributed by atoms with Gasteiger partial charge in [0.1, 0.15) is 6.10 Å². The second kappa shape index (κ2) is 9.75. The molecule has 4 fully saturated rings. The fraction of sp³-hybridized carbons (Fsp3) is 0.929. The first-order chi connectivity index (χ1) is 16.8. The molecule has 1 aliphatic heterocycles. The Bertz CT molecular complexity index is 847. The number of ether oxygens (including phenoxy) is 3. The minimum absolute atomic E-state index is 0.176. The Labute approximate surface area is 210 Å². The van der Waals surface area contributed by atoms with E-state index in [-0.39, 0.29) is 24.2 Å². The number of hydrogen-bond donors (Lipinski definition) is 0. The first-order valence-electron chi connectivity index (χ1n) is 14.2. The topological polar surface area (TPSA) is 86.5 Å². The van der Waals surface area contributed by atoms with Gasteiger partial charge in [-0.1, -0.05) is 44.3 Å². The molecule has 5 rings (SSSR count). The number of azo groups is 1. The molecule has 4 saturated carbocycles. The molecule has 0 aromatic heterocycles. The first kappa shape index (κ1) is 25.2. The molecule has 5 aliphatic rings. The van der Waals surface area contributed by atoms with Gasteiger partial charge in [0.2, 0.25) is 0 Å². The minimum atomic E-state index is -0.845. The Kier molecular flexibility index (Phi) is 7.01. The lowest BCUT2D eigenvalue weighted by atomic mass is 9.43. The molecule has 7 nitrogen and oxygen atoms in total. The standard InChI is InChI=1S/C28H44N2O5/c1-5-17(2)20-7-8-21-24-22(10-12-28(20,21)4)27(3)11-9-19-15-18(27)16-23(24)35-26(32)30-29-25(31)34-14-6-13-33-19/h17-24H,5-16H2,1-4H3/b30-29-/t17-,18+,19-,20-,21+,22+,23-,24+,27+,28-/m1/s1. The summed E-state index contributed by atoms with van der Waals surface area (Å²) in [6, 6.07) is 0. The van der Waals surface area contributed by atoms with Crippen molar-refractivity contribution in [2.45, 2.75) is 104 Å². The van der Waals surface area contributed by atoms with Crippen LogP contribution in [0.3, 0.4) is 0 Å². The number of fused-ring (bicyclic) bond motifs is 7. The minimum Gasteiger partial charge on any atom is -0.447 e. The van der Waals surface area contributed by atoms with Gasteiger partial charge in [-0.2, -0.15) is 0 Å². The van der Waals surface area contributed by atoms with Crippen LogP contribution in [0.4, 0.5) is 9.59 Å². The number of rotatable bonds is 2. The summed E-state index contributed by atoms with van der Waals surface area (Å²) in [7, 11) is 0. The molecule has 2 amide bonds. The van der Waals surface area contributed by atoms with Crippen LogP contribution in [0.5, 0.6) is 0 Å². The molecule has 0 spiro atoms. The molecule has 10 atom stereocenters. The van der Waals surface area contributed by atoms with Crippen LogP contribution in [-0.4, -0.2) is 37.6 Å². The first-order valence-corrected chi connectivity index (χ1v) is 14.2. The van der Waals surface area contributed by atoms with Gasteiger partial charge in [-0.3, -0.25) is 0 Å². The van der Waals surface area contributed by atoms with Gasteiger partial charge in [0.25, 0.3) is 0 Å². The molecule has 0 aromatic carbocycles. The van der Waals surface area contributed by atoms with E-state index >= 15 is 0 Å². The summed E-state index contributed by atoms with van der Waals surface area (Å²) in [4.78, 5) is 24.6. The summed E-state index contributed by atoms with van der Waals surface area (Å²) in [5.74, 6) is 3.39. The van der Waals surface area contributed by atoms with Gasteiger partial charge in [-0.15, -0.1) is 0 Å². The summed E-state index contributed by atoms with van der Waals surface area (Å²) in [5, 5.41) is 7.04. The number of amides is 2. The van der Waals surface area contributed by atoms with Crippen molar-refractivity contribution in [3.8, 4) is 0 Å². The normalized spacial score (nSPS) is 47.9. The van der Waals surface area contributed by atoms with Crippen molar-refractivity contribution in [3.63, 3.8) is 0 Å². The van der Waals surface area contributed by atoms with Gasteiger partial charge < -0.3 is 14.2 Å². The van der Waals surface area contributed by atoms with Gasteiger partial charge in [-0.25, -0.2) is 9.59 Å². The molecular formula is C28H44N2O5. The summed E-state index contributed by atoms with van der Waals surface area (Å²) < 4.78 is 17.4. The van der Waals surface area contributed by atoms with Crippen molar-refractivity contribution in [2.24, 2.45) is 56.6 Å². The van der Waals surface area contributed by atoms with Crippen molar-refractivity contribution < 1.29 is 23.8 Å². The van der Waals surface area contributed by atoms with Gasteiger partial charge in [0, 0.05) is 12.3 Å². The fourth-order valence-corrected chi connectivity index (χ4v) is 9.42. The van der Waals surface area contributed by atoms with Crippen LogP contribution in [-0.2, 0) is 14.2 Å². The highest BCUT2D eigenvalue weighted by molar-refractivity contribution is 5.73. The molecule has 3 bridgehead atoms. The van der Waals surface area contributed by atoms with Gasteiger partial charge in [0.15, 0.2) is 0 Å². The van der Waals surface area contributed by atoms with Crippen LogP contribution in [0, 0.1) is 46.3 Å². The third kappa shape index (κ3) is 4.44. The molecule has 0 aromatic rings. The van der Waals surface area contributed by atoms with Crippen LogP contribution in [0.1, 0.15) is 91.9 Å². The van der Waals surface area contributed by atoms with Crippen molar-refractivity contribution in [2.75, 3.05) is 13.2 Å². The molecule has 0 radical (unpaired) electrons. The molecule has 35 heavy (non-hydrogen) atoms. The summed E-state index contributed by atoms with van der Waals surface area (Å²) in [5.41, 5.74) is 0.562. The highest BCUT2D eigenvalue weighted by Gasteiger charge is 2.63. The molecule has 7 heteroatoms. The van der Waals surface area contributed by atoms with Crippen molar-refractivity contribution in [3.05, 3.63) is 0 Å². The largest absolute Gasteiger partial charge is 0.452 e. The number of nitrogens with zero attached hydrogens (tertiary/aromatic N) is 2. The van der Waals surface area contributed by atoms with Crippen LogP contribution in [0.25, 0.3) is 0 Å². The van der Waals surface area contributed by atoms with Crippen LogP contribution in [0.2, 0.25) is 0 Å². The smallest absolute Gasteiger partial charge is 0.447 e. The molecular weight excluding hydrogens is 444 g/mol. The third-order valence-electron chi connectivity index (χ3n) is 11.3. The van der Waals surface area contributed by atoms with Crippen LogP contribution < -0.4 is 0 Å². The van der Waals surface area contributed by atoms with E-state index in [1.807, 2.05) is 0 Å². The number of carbonyl (C=O) groups excluding carboxylic acids is 2. The van der Waals surface area contributed by atoms with E-state index < -0.39 is 12.2 Å². The second-order valence-electron chi connectivity index (χ2n) is 12.7. The zero-order valence-corrected chi connectivity index (χ0v) is 22.0. The molecule has 1 heterocycles. The van der Waals surface area contributed by atoms with E-state index in [0.29, 0.717) is 42.1 Å². The van der Waals surface area contributed by atoms with E-state index in [0.717, 1.165) is 31.1 Å². The van der Waals surface area contributed by atoms with Crippen LogP contribution in [0.15, 0.2) is 10.2 Å². The number of cyclic esters (lactones) is 1. The lowest BCUT2D eigenvalue weighted by molar-refractivity contribution is -0.178. The van der Waals surface area contributed by atoms with E-state index in [9.17, 15) is 9.59 Å². The molecule has 0 saturated heterocycles. The lowest BCUT2D eigenvalue weighted by Gasteiger charge is -2.62. The maximum atomic E-state index is 12.8. The Morgan fingerprint density at radius 1 is 0.943 bits per heavy atom. The van der Waals surface area contributed by atoms with Crippen LogP contribution >= 0.6 is 0 Å². The van der Waals surface area contributed by atoms with Gasteiger partial charge in [-0.05, 0) is 91.8 Å². The average Bonchev–Trinajstić information content (AvgIpc) is 3.19. The van der Waals surface area contributed by atoms with E-state index in [1.54, 1.807) is 0 Å².